The summed E-state index contributed by atoms with van der Waals surface area (Å²) in [5.74, 6) is 0.486. The summed E-state index contributed by atoms with van der Waals surface area (Å²) in [6.07, 6.45) is 14.5. The first-order chi connectivity index (χ1) is 22.4. The minimum absolute atomic E-state index is 0.125. The predicted octanol–water partition coefficient (Wildman–Crippen LogP) is 4.78. The first-order valence-corrected chi connectivity index (χ1v) is 13.9. The first kappa shape index (κ1) is 29.7. The number of rotatable bonds is 9. The van der Waals surface area contributed by atoms with Crippen molar-refractivity contribution in [2.24, 2.45) is 0 Å². The van der Waals surface area contributed by atoms with Gasteiger partial charge in [-0.15, -0.1) is 0 Å². The molecule has 2 aromatic carbocycles. The van der Waals surface area contributed by atoms with Crippen molar-refractivity contribution >= 4 is 35.1 Å². The van der Waals surface area contributed by atoms with Gasteiger partial charge in [-0.25, -0.2) is 9.97 Å². The molecule has 226 valence electrons. The van der Waals surface area contributed by atoms with Gasteiger partial charge >= 0.3 is 0 Å². The fraction of sp³-hybridized carbons (Fsp3) is 0.0323. The number of aryl methyl sites for hydroxylation is 1. The standard InChI is InChI=1S/C31H21ClN10O4/c1-19-3-2-4-20(5-19)30(43)40-26-12-34-15-29(39-26)46-25-11-37-18-42(16-25)23-7-21(6-22(32)8-23)31(44)41-27-13-33-14-28(38-27)45-24-9-35-17-36-10-24/h2-18H,1H3,(H-,38,39,40,41,43,44)/p+1. The van der Waals surface area contributed by atoms with Gasteiger partial charge in [0.1, 0.15) is 18.2 Å². The number of anilines is 2. The molecule has 0 saturated carbocycles. The highest BCUT2D eigenvalue weighted by atomic mass is 35.5. The van der Waals surface area contributed by atoms with E-state index >= 15 is 0 Å². The van der Waals surface area contributed by atoms with Crippen LogP contribution in [0.2, 0.25) is 5.02 Å². The van der Waals surface area contributed by atoms with Gasteiger partial charge in [0.15, 0.2) is 23.6 Å². The molecule has 0 aliphatic carbocycles. The molecule has 14 nitrogen and oxygen atoms in total. The van der Waals surface area contributed by atoms with E-state index in [2.05, 4.69) is 45.5 Å². The van der Waals surface area contributed by atoms with Gasteiger partial charge in [-0.05, 0) is 31.2 Å². The normalized spacial score (nSPS) is 10.6. The second-order valence-electron chi connectivity index (χ2n) is 9.57. The van der Waals surface area contributed by atoms with Crippen LogP contribution in [0.5, 0.6) is 23.3 Å². The van der Waals surface area contributed by atoms with Crippen LogP contribution >= 0.6 is 11.6 Å². The van der Waals surface area contributed by atoms with Crippen LogP contribution in [0.3, 0.4) is 0 Å². The summed E-state index contributed by atoms with van der Waals surface area (Å²) >= 11 is 6.39. The van der Waals surface area contributed by atoms with Gasteiger partial charge in [-0.2, -0.15) is 14.5 Å². The molecule has 6 aromatic rings. The molecule has 6 rings (SSSR count). The third-order valence-corrected chi connectivity index (χ3v) is 6.29. The van der Waals surface area contributed by atoms with Crippen molar-refractivity contribution in [3.8, 4) is 28.9 Å². The molecule has 0 bridgehead atoms. The highest BCUT2D eigenvalue weighted by Gasteiger charge is 2.16. The molecule has 0 radical (unpaired) electrons. The van der Waals surface area contributed by atoms with E-state index in [1.807, 2.05) is 13.0 Å². The first-order valence-electron chi connectivity index (χ1n) is 13.5. The maximum Gasteiger partial charge on any atom is 0.291 e. The van der Waals surface area contributed by atoms with Crippen molar-refractivity contribution in [3.63, 3.8) is 0 Å². The Morgan fingerprint density at radius 2 is 1.37 bits per heavy atom. The largest absolute Gasteiger partial charge is 0.434 e. The highest BCUT2D eigenvalue weighted by Crippen LogP contribution is 2.22. The summed E-state index contributed by atoms with van der Waals surface area (Å²) in [5, 5.41) is 5.71. The number of amides is 2. The van der Waals surface area contributed by atoms with Crippen LogP contribution in [0.25, 0.3) is 5.69 Å². The minimum Gasteiger partial charge on any atom is -0.434 e. The number of carbonyl (C=O) groups is 2. The van der Waals surface area contributed by atoms with Crippen LogP contribution in [0.15, 0.2) is 105 Å². The van der Waals surface area contributed by atoms with E-state index in [0.29, 0.717) is 27.8 Å². The molecule has 0 aliphatic heterocycles. The van der Waals surface area contributed by atoms with E-state index in [4.69, 9.17) is 21.1 Å². The van der Waals surface area contributed by atoms with Gasteiger partial charge in [0.05, 0.1) is 37.2 Å². The number of nitrogens with one attached hydrogen (secondary N) is 2. The molecule has 0 aliphatic rings. The Morgan fingerprint density at radius 3 is 2.07 bits per heavy atom. The molecule has 0 fully saturated rings. The van der Waals surface area contributed by atoms with Crippen LogP contribution in [-0.4, -0.2) is 46.7 Å². The number of benzene rings is 2. The lowest BCUT2D eigenvalue weighted by molar-refractivity contribution is -0.599. The fourth-order valence-electron chi connectivity index (χ4n) is 4.09. The van der Waals surface area contributed by atoms with Crippen LogP contribution in [-0.2, 0) is 0 Å². The number of carbonyl (C=O) groups excluding carboxylic acids is 2. The van der Waals surface area contributed by atoms with E-state index in [-0.39, 0.29) is 34.9 Å². The molecular weight excluding hydrogens is 612 g/mol. The number of aromatic nitrogens is 8. The second-order valence-corrected chi connectivity index (χ2v) is 10.0. The number of ether oxygens (including phenoxy) is 2. The Balaban J connectivity index is 1.15. The lowest BCUT2D eigenvalue weighted by Gasteiger charge is -2.09. The zero-order valence-electron chi connectivity index (χ0n) is 23.9. The number of hydrogen-bond acceptors (Lipinski definition) is 11. The van der Waals surface area contributed by atoms with E-state index in [1.54, 1.807) is 41.1 Å². The van der Waals surface area contributed by atoms with Gasteiger partial charge in [-0.3, -0.25) is 19.6 Å². The van der Waals surface area contributed by atoms with Crippen molar-refractivity contribution in [2.75, 3.05) is 10.6 Å². The maximum absolute atomic E-state index is 13.1. The van der Waals surface area contributed by atoms with Crippen LogP contribution in [0, 0.1) is 6.92 Å². The van der Waals surface area contributed by atoms with Crippen molar-refractivity contribution < 1.29 is 23.6 Å². The Morgan fingerprint density at radius 1 is 0.717 bits per heavy atom. The van der Waals surface area contributed by atoms with Crippen LogP contribution in [0.1, 0.15) is 26.3 Å². The molecule has 0 saturated heterocycles. The molecular formula is C31H22ClN10O4+. The molecule has 2 N–H and O–H groups in total. The lowest BCUT2D eigenvalue weighted by Crippen LogP contribution is -2.31. The predicted molar refractivity (Wildman–Crippen MR) is 164 cm³/mol. The zero-order valence-corrected chi connectivity index (χ0v) is 24.7. The van der Waals surface area contributed by atoms with Gasteiger partial charge in [-0.1, -0.05) is 34.3 Å². The quantitative estimate of drug-likeness (QED) is 0.210. The monoisotopic (exact) mass is 633 g/mol. The average Bonchev–Trinajstić information content (AvgIpc) is 3.05. The Kier molecular flexibility index (Phi) is 8.69. The molecule has 46 heavy (non-hydrogen) atoms. The number of hydrogen-bond donors (Lipinski definition) is 2. The maximum atomic E-state index is 13.1. The summed E-state index contributed by atoms with van der Waals surface area (Å²) in [4.78, 5) is 54.5. The summed E-state index contributed by atoms with van der Waals surface area (Å²) in [5.41, 5.74) is 2.21. The zero-order chi connectivity index (χ0) is 31.9. The highest BCUT2D eigenvalue weighted by molar-refractivity contribution is 6.31. The van der Waals surface area contributed by atoms with Crippen molar-refractivity contribution in [2.45, 2.75) is 6.92 Å². The van der Waals surface area contributed by atoms with Gasteiger partial charge in [0, 0.05) is 22.2 Å². The summed E-state index contributed by atoms with van der Waals surface area (Å²) < 4.78 is 13.1. The van der Waals surface area contributed by atoms with E-state index < -0.39 is 5.91 Å². The molecule has 4 aromatic heterocycles. The summed E-state index contributed by atoms with van der Waals surface area (Å²) in [6.45, 7) is 1.90. The van der Waals surface area contributed by atoms with Crippen molar-refractivity contribution in [1.29, 1.82) is 0 Å². The lowest BCUT2D eigenvalue weighted by atomic mass is 10.1. The molecule has 2 amide bonds. The van der Waals surface area contributed by atoms with E-state index in [1.165, 1.54) is 62.1 Å². The average molecular weight is 634 g/mol. The molecule has 0 atom stereocenters. The van der Waals surface area contributed by atoms with Crippen LogP contribution < -0.4 is 24.7 Å². The molecule has 0 spiro atoms. The van der Waals surface area contributed by atoms with E-state index in [9.17, 15) is 9.59 Å². The summed E-state index contributed by atoms with van der Waals surface area (Å²) in [6, 6.07) is 12.0. The third-order valence-electron chi connectivity index (χ3n) is 6.07. The molecule has 15 heteroatoms. The Bertz CT molecular complexity index is 2050. The van der Waals surface area contributed by atoms with E-state index in [0.717, 1.165) is 5.56 Å². The topological polar surface area (TPSA) is 171 Å². The van der Waals surface area contributed by atoms with Crippen molar-refractivity contribution in [3.05, 3.63) is 126 Å². The fourth-order valence-corrected chi connectivity index (χ4v) is 4.32. The van der Waals surface area contributed by atoms with Gasteiger partial charge in [0.25, 0.3) is 18.1 Å². The van der Waals surface area contributed by atoms with Crippen LogP contribution in [0.4, 0.5) is 11.6 Å². The second kappa shape index (κ2) is 13.5. The number of nitrogens with zero attached hydrogens (tertiary/aromatic N) is 8. The minimum atomic E-state index is -0.487. The third kappa shape index (κ3) is 7.56. The van der Waals surface area contributed by atoms with Gasteiger partial charge < -0.3 is 20.1 Å². The Labute approximate surface area is 266 Å². The molecule has 0 unspecified atom stereocenters. The SMILES string of the molecule is Cc1cccc(C(=O)Nc2cncc(Oc3cnc[n+](-c4cc(Cl)cc(C(=O)Nc5cncc(Oc6cncnc6)n5)c4)c3)n2)c1. The number of halogens is 1. The smallest absolute Gasteiger partial charge is 0.291 e. The van der Waals surface area contributed by atoms with Crippen molar-refractivity contribution in [1.82, 2.24) is 34.9 Å². The molecule has 4 heterocycles. The Hall–Kier alpha value is -6.41. The summed E-state index contributed by atoms with van der Waals surface area (Å²) in [7, 11) is 0. The van der Waals surface area contributed by atoms with Gasteiger partial charge in [0.2, 0.25) is 17.5 Å².